The predicted molar refractivity (Wildman–Crippen MR) is 60.8 cm³/mol. The largest absolute Gasteiger partial charge is 0.366 e. The fraction of sp³-hybridized carbons (Fsp3) is 0.0909. The van der Waals surface area contributed by atoms with Crippen molar-refractivity contribution >= 4 is 17.2 Å². The highest BCUT2D eigenvalue weighted by Gasteiger charge is 2.10. The number of nitrogens with zero attached hydrogens (tertiary/aromatic N) is 1. The number of amides is 1. The Labute approximate surface area is 91.6 Å². The molecule has 0 spiro atoms. The number of rotatable bonds is 2. The second-order valence-corrected chi connectivity index (χ2v) is 4.07. The van der Waals surface area contributed by atoms with E-state index in [4.69, 9.17) is 5.73 Å². The molecule has 3 nitrogen and oxygen atoms in total. The fourth-order valence-corrected chi connectivity index (χ4v) is 2.21. The van der Waals surface area contributed by atoms with Crippen LogP contribution in [0.5, 0.6) is 0 Å². The van der Waals surface area contributed by atoms with Gasteiger partial charge in [0.2, 0.25) is 5.91 Å². The molecule has 0 unspecified atom stereocenters. The van der Waals surface area contributed by atoms with Crippen molar-refractivity contribution in [1.29, 1.82) is 0 Å². The topological polar surface area (TPSA) is 56.0 Å². The van der Waals surface area contributed by atoms with Gasteiger partial charge >= 0.3 is 0 Å². The predicted octanol–water partition coefficient (Wildman–Crippen LogP) is 2.22. The number of nitrogens with two attached hydrogens (primary N) is 1. The maximum Gasteiger partial charge on any atom is 0.248 e. The summed E-state index contributed by atoms with van der Waals surface area (Å²) in [5, 5.41) is 2.82. The number of benzene rings is 1. The van der Waals surface area contributed by atoms with Gasteiger partial charge in [-0.1, -0.05) is 12.1 Å². The normalized spacial score (nSPS) is 10.2. The van der Waals surface area contributed by atoms with Crippen LogP contribution in [-0.4, -0.2) is 10.9 Å². The molecule has 0 aliphatic carbocycles. The van der Waals surface area contributed by atoms with Crippen LogP contribution in [0.2, 0.25) is 0 Å². The van der Waals surface area contributed by atoms with Gasteiger partial charge in [-0.3, -0.25) is 4.79 Å². The van der Waals surface area contributed by atoms with Gasteiger partial charge in [-0.15, -0.1) is 11.3 Å². The Kier molecular flexibility index (Phi) is 2.51. The zero-order valence-corrected chi connectivity index (χ0v) is 9.04. The Morgan fingerprint density at radius 3 is 2.87 bits per heavy atom. The van der Waals surface area contributed by atoms with E-state index in [0.29, 0.717) is 5.56 Å². The number of carbonyl (C=O) groups excluding carboxylic acids is 1. The average molecular weight is 218 g/mol. The Balaban J connectivity index is 2.59. The summed E-state index contributed by atoms with van der Waals surface area (Å²) in [6.45, 7) is 1.89. The van der Waals surface area contributed by atoms with Gasteiger partial charge < -0.3 is 5.73 Å². The summed E-state index contributed by atoms with van der Waals surface area (Å²) in [5.41, 5.74) is 7.70. The molecule has 0 aliphatic heterocycles. The van der Waals surface area contributed by atoms with E-state index in [2.05, 4.69) is 4.98 Å². The van der Waals surface area contributed by atoms with Crippen molar-refractivity contribution in [3.8, 4) is 10.6 Å². The minimum absolute atomic E-state index is 0.397. The first-order valence-electron chi connectivity index (χ1n) is 4.49. The molecule has 0 fully saturated rings. The maximum atomic E-state index is 11.1. The summed E-state index contributed by atoms with van der Waals surface area (Å²) in [4.78, 5) is 15.4. The zero-order valence-electron chi connectivity index (χ0n) is 8.23. The second kappa shape index (κ2) is 3.82. The lowest BCUT2D eigenvalue weighted by Crippen LogP contribution is -2.12. The lowest BCUT2D eigenvalue weighted by Gasteiger charge is -2.05. The van der Waals surface area contributed by atoms with E-state index < -0.39 is 5.91 Å². The zero-order chi connectivity index (χ0) is 10.8. The van der Waals surface area contributed by atoms with Gasteiger partial charge in [-0.05, 0) is 18.6 Å². The van der Waals surface area contributed by atoms with E-state index in [9.17, 15) is 4.79 Å². The SMILES string of the molecule is Cc1c(C(N)=O)cccc1-c1nccs1. The van der Waals surface area contributed by atoms with Gasteiger partial charge in [0.1, 0.15) is 5.01 Å². The van der Waals surface area contributed by atoms with Crippen LogP contribution in [0.15, 0.2) is 29.8 Å². The van der Waals surface area contributed by atoms with Crippen LogP contribution in [0.1, 0.15) is 15.9 Å². The van der Waals surface area contributed by atoms with E-state index in [1.165, 1.54) is 0 Å². The molecule has 0 bridgehead atoms. The molecule has 0 atom stereocenters. The van der Waals surface area contributed by atoms with E-state index in [-0.39, 0.29) is 0 Å². The molecule has 2 rings (SSSR count). The lowest BCUT2D eigenvalue weighted by molar-refractivity contribution is 0.1000. The highest BCUT2D eigenvalue weighted by molar-refractivity contribution is 7.13. The summed E-state index contributed by atoms with van der Waals surface area (Å²) < 4.78 is 0. The van der Waals surface area contributed by atoms with Crippen LogP contribution in [0.25, 0.3) is 10.6 Å². The van der Waals surface area contributed by atoms with Gasteiger partial charge in [0.15, 0.2) is 0 Å². The van der Waals surface area contributed by atoms with Crippen molar-refractivity contribution in [2.24, 2.45) is 5.73 Å². The number of carbonyl (C=O) groups is 1. The van der Waals surface area contributed by atoms with Gasteiger partial charge in [0.25, 0.3) is 0 Å². The molecule has 0 saturated carbocycles. The number of hydrogen-bond acceptors (Lipinski definition) is 3. The summed E-state index contributed by atoms with van der Waals surface area (Å²) in [6, 6.07) is 5.50. The summed E-state index contributed by atoms with van der Waals surface area (Å²) >= 11 is 1.55. The third kappa shape index (κ3) is 1.76. The van der Waals surface area contributed by atoms with Gasteiger partial charge in [0.05, 0.1) is 0 Å². The minimum atomic E-state index is -0.397. The van der Waals surface area contributed by atoms with Gasteiger partial charge in [-0.2, -0.15) is 0 Å². The van der Waals surface area contributed by atoms with Crippen molar-refractivity contribution in [2.45, 2.75) is 6.92 Å². The van der Waals surface area contributed by atoms with Crippen LogP contribution in [0, 0.1) is 6.92 Å². The first kappa shape index (κ1) is 9.86. The molecule has 2 aromatic rings. The smallest absolute Gasteiger partial charge is 0.248 e. The fourth-order valence-electron chi connectivity index (χ4n) is 1.49. The molecule has 1 amide bonds. The first-order chi connectivity index (χ1) is 7.20. The van der Waals surface area contributed by atoms with E-state index >= 15 is 0 Å². The van der Waals surface area contributed by atoms with Crippen LogP contribution < -0.4 is 5.73 Å². The number of hydrogen-bond donors (Lipinski definition) is 1. The molecule has 1 aromatic heterocycles. The summed E-state index contributed by atoms with van der Waals surface area (Å²) in [7, 11) is 0. The second-order valence-electron chi connectivity index (χ2n) is 3.18. The molecule has 1 aromatic carbocycles. The van der Waals surface area contributed by atoms with E-state index in [1.807, 2.05) is 24.4 Å². The van der Waals surface area contributed by atoms with Crippen molar-refractivity contribution in [1.82, 2.24) is 4.98 Å². The molecule has 0 radical (unpaired) electrons. The van der Waals surface area contributed by atoms with E-state index in [0.717, 1.165) is 16.1 Å². The standard InChI is InChI=1S/C11H10N2OS/c1-7-8(10(12)14)3-2-4-9(7)11-13-5-6-15-11/h2-6H,1H3,(H2,12,14). The van der Waals surface area contributed by atoms with Crippen molar-refractivity contribution < 1.29 is 4.79 Å². The molecule has 0 aliphatic rings. The van der Waals surface area contributed by atoms with Gasteiger partial charge in [-0.25, -0.2) is 4.98 Å². The van der Waals surface area contributed by atoms with Crippen molar-refractivity contribution in [2.75, 3.05) is 0 Å². The van der Waals surface area contributed by atoms with Crippen LogP contribution in [-0.2, 0) is 0 Å². The van der Waals surface area contributed by atoms with Crippen LogP contribution in [0.3, 0.4) is 0 Å². The summed E-state index contributed by atoms with van der Waals surface area (Å²) in [5.74, 6) is -0.397. The molecule has 1 heterocycles. The summed E-state index contributed by atoms with van der Waals surface area (Å²) in [6.07, 6.45) is 1.75. The third-order valence-corrected chi connectivity index (χ3v) is 3.07. The maximum absolute atomic E-state index is 11.1. The van der Waals surface area contributed by atoms with Crippen LogP contribution >= 0.6 is 11.3 Å². The van der Waals surface area contributed by atoms with Gasteiger partial charge in [0, 0.05) is 22.7 Å². The van der Waals surface area contributed by atoms with Crippen molar-refractivity contribution in [3.63, 3.8) is 0 Å². The number of thiazole rings is 1. The molecular weight excluding hydrogens is 208 g/mol. The minimum Gasteiger partial charge on any atom is -0.366 e. The quantitative estimate of drug-likeness (QED) is 0.840. The molecule has 76 valence electrons. The Morgan fingerprint density at radius 2 is 2.27 bits per heavy atom. The first-order valence-corrected chi connectivity index (χ1v) is 5.37. The van der Waals surface area contributed by atoms with E-state index in [1.54, 1.807) is 23.6 Å². The van der Waals surface area contributed by atoms with Crippen LogP contribution in [0.4, 0.5) is 0 Å². The molecular formula is C11H10N2OS. The number of aromatic nitrogens is 1. The third-order valence-electron chi connectivity index (χ3n) is 2.26. The molecule has 0 saturated heterocycles. The highest BCUT2D eigenvalue weighted by Crippen LogP contribution is 2.26. The Hall–Kier alpha value is -1.68. The number of primary amides is 1. The molecule has 2 N–H and O–H groups in total. The average Bonchev–Trinajstić information content (AvgIpc) is 2.70. The monoisotopic (exact) mass is 218 g/mol. The molecule has 4 heteroatoms. The Bertz CT molecular complexity index is 491. The van der Waals surface area contributed by atoms with Crippen molar-refractivity contribution in [3.05, 3.63) is 40.9 Å². The highest BCUT2D eigenvalue weighted by atomic mass is 32.1. The lowest BCUT2D eigenvalue weighted by atomic mass is 10.0. The molecule has 15 heavy (non-hydrogen) atoms. The Morgan fingerprint density at radius 1 is 1.47 bits per heavy atom.